The topological polar surface area (TPSA) is 113 Å². The molecule has 2 N–H and O–H groups in total. The van der Waals surface area contributed by atoms with Crippen LogP contribution in [-0.4, -0.2) is 46.8 Å². The minimum atomic E-state index is -1.19. The number of carbonyl (C=O) groups is 4. The number of benzene rings is 3. The first-order valence-corrected chi connectivity index (χ1v) is 10.1. The van der Waals surface area contributed by atoms with Crippen LogP contribution in [0.4, 0.5) is 5.69 Å². The number of aromatic hydroxyl groups is 1. The number of nitrogens with zero attached hydrogens (tertiary/aromatic N) is 1. The second-order valence-electron chi connectivity index (χ2n) is 7.41. The summed E-state index contributed by atoms with van der Waals surface area (Å²) in [5.74, 6) is -3.08. The summed E-state index contributed by atoms with van der Waals surface area (Å²) >= 11 is 0. The number of hydrogen-bond acceptors (Lipinski definition) is 6. The van der Waals surface area contributed by atoms with E-state index in [4.69, 9.17) is 0 Å². The van der Waals surface area contributed by atoms with Crippen molar-refractivity contribution in [2.75, 3.05) is 12.4 Å². The van der Waals surface area contributed by atoms with E-state index in [-0.39, 0.29) is 28.8 Å². The normalized spacial score (nSPS) is 13.4. The predicted molar refractivity (Wildman–Crippen MR) is 119 cm³/mol. The Hall–Kier alpha value is -4.46. The summed E-state index contributed by atoms with van der Waals surface area (Å²) in [5, 5.41) is 13.0. The standard InChI is InChI=1S/C25H20N2O6/c1-33-25(32)18-12-7-13-19(21(18)28)26-22(29)20(14-15-8-3-2-4-9-15)27-23(30)16-10-5-6-11-17(16)24(27)31/h2-13,20,28H,14H2,1H3,(H,26,29). The quantitative estimate of drug-likeness (QED) is 0.343. The molecule has 3 aromatic carbocycles. The first kappa shape index (κ1) is 21.8. The number of phenols is 1. The van der Waals surface area contributed by atoms with Crippen molar-refractivity contribution in [1.82, 2.24) is 4.90 Å². The van der Waals surface area contributed by atoms with Crippen molar-refractivity contribution in [3.05, 3.63) is 95.1 Å². The monoisotopic (exact) mass is 444 g/mol. The number of methoxy groups -OCH3 is 1. The Balaban J connectivity index is 1.69. The van der Waals surface area contributed by atoms with Gasteiger partial charge in [-0.1, -0.05) is 48.5 Å². The van der Waals surface area contributed by atoms with Crippen LogP contribution in [0.5, 0.6) is 5.75 Å². The summed E-state index contributed by atoms with van der Waals surface area (Å²) in [6.07, 6.45) is 0.0651. The van der Waals surface area contributed by atoms with Crippen LogP contribution in [0, 0.1) is 0 Å². The molecular weight excluding hydrogens is 424 g/mol. The van der Waals surface area contributed by atoms with Gasteiger partial charge in [0.25, 0.3) is 11.8 Å². The molecule has 3 aromatic rings. The number of hydrogen-bond donors (Lipinski definition) is 2. The Morgan fingerprint density at radius 2 is 1.52 bits per heavy atom. The van der Waals surface area contributed by atoms with E-state index in [9.17, 15) is 24.3 Å². The number of phenolic OH excluding ortho intramolecular Hbond substituents is 1. The zero-order valence-corrected chi connectivity index (χ0v) is 17.6. The minimum absolute atomic E-state index is 0.0439. The van der Waals surface area contributed by atoms with E-state index in [1.165, 1.54) is 25.3 Å². The third-order valence-corrected chi connectivity index (χ3v) is 5.41. The maximum atomic E-state index is 13.4. The largest absolute Gasteiger partial charge is 0.505 e. The van der Waals surface area contributed by atoms with Gasteiger partial charge in [0.15, 0.2) is 5.75 Å². The van der Waals surface area contributed by atoms with Gasteiger partial charge in [0.1, 0.15) is 11.6 Å². The van der Waals surface area contributed by atoms with E-state index < -0.39 is 35.5 Å². The van der Waals surface area contributed by atoms with Crippen LogP contribution < -0.4 is 5.32 Å². The highest BCUT2D eigenvalue weighted by Gasteiger charge is 2.42. The molecule has 0 radical (unpaired) electrons. The van der Waals surface area contributed by atoms with Crippen LogP contribution >= 0.6 is 0 Å². The Labute approximate surface area is 189 Å². The van der Waals surface area contributed by atoms with Gasteiger partial charge in [-0.15, -0.1) is 0 Å². The molecule has 0 saturated heterocycles. The van der Waals surface area contributed by atoms with Crippen molar-refractivity contribution < 1.29 is 29.0 Å². The van der Waals surface area contributed by atoms with E-state index >= 15 is 0 Å². The number of rotatable bonds is 6. The minimum Gasteiger partial charge on any atom is -0.505 e. The Morgan fingerprint density at radius 1 is 0.909 bits per heavy atom. The van der Waals surface area contributed by atoms with Crippen molar-refractivity contribution in [2.45, 2.75) is 12.5 Å². The van der Waals surface area contributed by atoms with Crippen LogP contribution in [0.25, 0.3) is 0 Å². The van der Waals surface area contributed by atoms with E-state index in [1.54, 1.807) is 48.5 Å². The molecule has 0 aliphatic carbocycles. The zero-order valence-electron chi connectivity index (χ0n) is 17.6. The lowest BCUT2D eigenvalue weighted by Gasteiger charge is -2.26. The molecule has 1 aliphatic rings. The van der Waals surface area contributed by atoms with E-state index in [0.29, 0.717) is 0 Å². The fourth-order valence-electron chi connectivity index (χ4n) is 3.76. The molecule has 8 nitrogen and oxygen atoms in total. The smallest absolute Gasteiger partial charge is 0.341 e. The average Bonchev–Trinajstić information content (AvgIpc) is 3.09. The van der Waals surface area contributed by atoms with Gasteiger partial charge in [-0.2, -0.15) is 0 Å². The van der Waals surface area contributed by atoms with Gasteiger partial charge in [-0.25, -0.2) is 4.79 Å². The van der Waals surface area contributed by atoms with Crippen LogP contribution in [0.2, 0.25) is 0 Å². The molecule has 33 heavy (non-hydrogen) atoms. The van der Waals surface area contributed by atoms with Gasteiger partial charge in [0.05, 0.1) is 23.9 Å². The summed E-state index contributed by atoms with van der Waals surface area (Å²) in [6, 6.07) is 18.4. The van der Waals surface area contributed by atoms with Crippen molar-refractivity contribution in [3.63, 3.8) is 0 Å². The van der Waals surface area contributed by atoms with Crippen LogP contribution in [0.1, 0.15) is 36.6 Å². The fourth-order valence-corrected chi connectivity index (χ4v) is 3.76. The van der Waals surface area contributed by atoms with Crippen molar-refractivity contribution >= 4 is 29.4 Å². The summed E-state index contributed by atoms with van der Waals surface area (Å²) in [7, 11) is 1.17. The van der Waals surface area contributed by atoms with Gasteiger partial charge in [-0.3, -0.25) is 19.3 Å². The lowest BCUT2D eigenvalue weighted by atomic mass is 10.0. The number of fused-ring (bicyclic) bond motifs is 1. The zero-order chi connectivity index (χ0) is 23.5. The number of imide groups is 1. The maximum Gasteiger partial charge on any atom is 0.341 e. The average molecular weight is 444 g/mol. The number of ether oxygens (including phenoxy) is 1. The second kappa shape index (κ2) is 8.96. The van der Waals surface area contributed by atoms with Gasteiger partial charge < -0.3 is 15.2 Å². The van der Waals surface area contributed by atoms with E-state index in [1.807, 2.05) is 6.07 Å². The predicted octanol–water partition coefficient (Wildman–Crippen LogP) is 3.02. The highest BCUT2D eigenvalue weighted by molar-refractivity contribution is 6.23. The Kier molecular flexibility index (Phi) is 5.91. The van der Waals surface area contributed by atoms with Gasteiger partial charge >= 0.3 is 5.97 Å². The molecule has 1 unspecified atom stereocenters. The molecule has 0 saturated carbocycles. The lowest BCUT2D eigenvalue weighted by molar-refractivity contribution is -0.120. The van der Waals surface area contributed by atoms with Crippen LogP contribution in [0.3, 0.4) is 0 Å². The van der Waals surface area contributed by atoms with Crippen molar-refractivity contribution in [2.24, 2.45) is 0 Å². The van der Waals surface area contributed by atoms with Gasteiger partial charge in [-0.05, 0) is 29.8 Å². The first-order chi connectivity index (χ1) is 15.9. The summed E-state index contributed by atoms with van der Waals surface area (Å²) in [6.45, 7) is 0. The third-order valence-electron chi connectivity index (χ3n) is 5.41. The molecule has 0 fully saturated rings. The summed E-state index contributed by atoms with van der Waals surface area (Å²) in [5.41, 5.74) is 1.02. The number of nitrogens with one attached hydrogen (secondary N) is 1. The maximum absolute atomic E-state index is 13.4. The molecule has 4 rings (SSSR count). The first-order valence-electron chi connectivity index (χ1n) is 10.1. The van der Waals surface area contributed by atoms with Gasteiger partial charge in [0.2, 0.25) is 5.91 Å². The fraction of sp³-hybridized carbons (Fsp3) is 0.120. The molecular formula is C25H20N2O6. The molecule has 3 amide bonds. The van der Waals surface area contributed by atoms with Gasteiger partial charge in [0, 0.05) is 6.42 Å². The van der Waals surface area contributed by atoms with Crippen molar-refractivity contribution in [3.8, 4) is 5.75 Å². The van der Waals surface area contributed by atoms with Crippen LogP contribution in [-0.2, 0) is 16.0 Å². The molecule has 1 heterocycles. The highest BCUT2D eigenvalue weighted by Crippen LogP contribution is 2.30. The second-order valence-corrected chi connectivity index (χ2v) is 7.41. The number of esters is 1. The lowest BCUT2D eigenvalue weighted by Crippen LogP contribution is -2.48. The van der Waals surface area contributed by atoms with Crippen molar-refractivity contribution in [1.29, 1.82) is 0 Å². The Bertz CT molecular complexity index is 1220. The third kappa shape index (κ3) is 4.06. The number of anilines is 1. The molecule has 8 heteroatoms. The van der Waals surface area contributed by atoms with E-state index in [0.717, 1.165) is 10.5 Å². The highest BCUT2D eigenvalue weighted by atomic mass is 16.5. The summed E-state index contributed by atoms with van der Waals surface area (Å²) in [4.78, 5) is 52.3. The number of carbonyl (C=O) groups excluding carboxylic acids is 4. The molecule has 1 atom stereocenters. The molecule has 1 aliphatic heterocycles. The molecule has 0 aromatic heterocycles. The molecule has 166 valence electrons. The number of para-hydroxylation sites is 1. The van der Waals surface area contributed by atoms with E-state index in [2.05, 4.69) is 10.1 Å². The SMILES string of the molecule is COC(=O)c1cccc(NC(=O)C(Cc2ccccc2)N2C(=O)c3ccccc3C2=O)c1O. The molecule has 0 bridgehead atoms. The molecule has 0 spiro atoms. The number of amides is 3. The Morgan fingerprint density at radius 3 is 2.12 bits per heavy atom. The van der Waals surface area contributed by atoms with Crippen LogP contribution in [0.15, 0.2) is 72.8 Å². The summed E-state index contributed by atoms with van der Waals surface area (Å²) < 4.78 is 4.64.